The minimum absolute atomic E-state index is 0.347. The minimum atomic E-state index is 0.347. The summed E-state index contributed by atoms with van der Waals surface area (Å²) in [5, 5.41) is 1.93. The van der Waals surface area contributed by atoms with Crippen molar-refractivity contribution in [2.75, 3.05) is 0 Å². The Hall–Kier alpha value is 0.280. The van der Waals surface area contributed by atoms with Crippen molar-refractivity contribution in [1.82, 2.24) is 0 Å². The van der Waals surface area contributed by atoms with Crippen LogP contribution in [-0.4, -0.2) is 0 Å². The lowest BCUT2D eigenvalue weighted by Crippen LogP contribution is -1.69. The van der Waals surface area contributed by atoms with Gasteiger partial charge in [0, 0.05) is 4.88 Å². The molecule has 0 aliphatic rings. The Labute approximate surface area is 62.0 Å². The Morgan fingerprint density at radius 2 is 2.25 bits per heavy atom. The lowest BCUT2D eigenvalue weighted by Gasteiger charge is -1.88. The molecule has 0 nitrogen and oxygen atoms in total. The van der Waals surface area contributed by atoms with Crippen LogP contribution in [0.25, 0.3) is 0 Å². The third-order valence-electron chi connectivity index (χ3n) is 0.707. The summed E-state index contributed by atoms with van der Waals surface area (Å²) >= 11 is 12.4. The lowest BCUT2D eigenvalue weighted by atomic mass is 10.5. The van der Waals surface area contributed by atoms with Crippen LogP contribution in [0.2, 0.25) is 0 Å². The molecule has 0 atom stereocenters. The van der Waals surface area contributed by atoms with E-state index in [0.29, 0.717) is 4.84 Å². The smallest absolute Gasteiger partial charge is 0.146 e. The van der Waals surface area contributed by atoms with Crippen molar-refractivity contribution in [3.63, 3.8) is 0 Å². The quantitative estimate of drug-likeness (QED) is 0.601. The number of hydrogen-bond donors (Lipinski definition) is 0. The molecule has 0 aromatic carbocycles. The van der Waals surface area contributed by atoms with Crippen LogP contribution in [0.15, 0.2) is 17.5 Å². The summed E-state index contributed by atoms with van der Waals surface area (Å²) in [5.74, 6) is 0. The molecule has 0 unspecified atom stereocenters. The SMILES string of the molecule is Cl[C](Cl)c1cccs1. The van der Waals surface area contributed by atoms with Crippen LogP contribution < -0.4 is 0 Å². The molecular formula is C5H3Cl2S. The summed E-state index contributed by atoms with van der Waals surface area (Å²) < 4.78 is 0. The standard InChI is InChI=1S/C5H3Cl2S/c6-5(7)4-2-1-3-8-4/h1-3H. The average Bonchev–Trinajstić information content (AvgIpc) is 2.12. The molecular weight excluding hydrogens is 163 g/mol. The van der Waals surface area contributed by atoms with Gasteiger partial charge in [-0.2, -0.15) is 0 Å². The van der Waals surface area contributed by atoms with Crippen molar-refractivity contribution in [2.24, 2.45) is 0 Å². The highest BCUT2D eigenvalue weighted by Gasteiger charge is 2.02. The highest BCUT2D eigenvalue weighted by Crippen LogP contribution is 2.26. The largest absolute Gasteiger partial charge is 0.189 e. The molecule has 1 aromatic heterocycles. The van der Waals surface area contributed by atoms with E-state index in [1.54, 1.807) is 0 Å². The molecule has 1 rings (SSSR count). The van der Waals surface area contributed by atoms with Crippen LogP contribution in [-0.2, 0) is 0 Å². The molecule has 43 valence electrons. The molecule has 0 amide bonds. The van der Waals surface area contributed by atoms with Crippen LogP contribution in [0, 0.1) is 4.84 Å². The summed E-state index contributed by atoms with van der Waals surface area (Å²) in [7, 11) is 0. The summed E-state index contributed by atoms with van der Waals surface area (Å²) in [5.41, 5.74) is 0. The molecule has 1 radical (unpaired) electrons. The Morgan fingerprint density at radius 3 is 2.50 bits per heavy atom. The van der Waals surface area contributed by atoms with E-state index in [2.05, 4.69) is 0 Å². The molecule has 0 N–H and O–H groups in total. The molecule has 3 heteroatoms. The third-order valence-corrected chi connectivity index (χ3v) is 2.23. The maximum atomic E-state index is 5.44. The summed E-state index contributed by atoms with van der Waals surface area (Å²) in [6, 6.07) is 3.78. The number of hydrogen-bond acceptors (Lipinski definition) is 1. The van der Waals surface area contributed by atoms with Crippen LogP contribution in [0.4, 0.5) is 0 Å². The van der Waals surface area contributed by atoms with E-state index in [-0.39, 0.29) is 0 Å². The van der Waals surface area contributed by atoms with Crippen molar-refractivity contribution < 1.29 is 0 Å². The predicted octanol–water partition coefficient (Wildman–Crippen LogP) is 3.06. The van der Waals surface area contributed by atoms with E-state index < -0.39 is 0 Å². The van der Waals surface area contributed by atoms with E-state index >= 15 is 0 Å². The molecule has 1 aromatic rings. The fourth-order valence-electron chi connectivity index (χ4n) is 0.386. The molecule has 0 aliphatic carbocycles. The first kappa shape index (κ1) is 6.40. The highest BCUT2D eigenvalue weighted by atomic mass is 35.5. The first-order valence-electron chi connectivity index (χ1n) is 2.02. The average molecular weight is 166 g/mol. The Morgan fingerprint density at radius 1 is 1.50 bits per heavy atom. The van der Waals surface area contributed by atoms with Gasteiger partial charge >= 0.3 is 0 Å². The molecule has 8 heavy (non-hydrogen) atoms. The topological polar surface area (TPSA) is 0 Å². The Kier molecular flexibility index (Phi) is 2.17. The second kappa shape index (κ2) is 2.72. The summed E-state index contributed by atoms with van der Waals surface area (Å²) in [6.07, 6.45) is 0. The van der Waals surface area contributed by atoms with Gasteiger partial charge in [-0.1, -0.05) is 29.3 Å². The van der Waals surface area contributed by atoms with Crippen molar-refractivity contribution in [3.05, 3.63) is 27.2 Å². The number of thiophene rings is 1. The van der Waals surface area contributed by atoms with Gasteiger partial charge in [0.2, 0.25) is 0 Å². The maximum Gasteiger partial charge on any atom is 0.189 e. The maximum absolute atomic E-state index is 5.44. The minimum Gasteiger partial charge on any atom is -0.146 e. The molecule has 1 heterocycles. The van der Waals surface area contributed by atoms with Gasteiger partial charge in [-0.25, -0.2) is 0 Å². The second-order valence-electron chi connectivity index (χ2n) is 1.24. The van der Waals surface area contributed by atoms with Gasteiger partial charge in [0.15, 0.2) is 4.84 Å². The molecule has 0 spiro atoms. The van der Waals surface area contributed by atoms with E-state index in [9.17, 15) is 0 Å². The van der Waals surface area contributed by atoms with Gasteiger partial charge in [0.1, 0.15) is 0 Å². The summed E-state index contributed by atoms with van der Waals surface area (Å²) in [6.45, 7) is 0. The van der Waals surface area contributed by atoms with Crippen molar-refractivity contribution >= 4 is 34.5 Å². The zero-order valence-corrected chi connectivity index (χ0v) is 6.22. The van der Waals surface area contributed by atoms with Crippen molar-refractivity contribution in [3.8, 4) is 0 Å². The second-order valence-corrected chi connectivity index (χ2v) is 3.13. The molecule has 0 bridgehead atoms. The molecule has 0 saturated carbocycles. The fourth-order valence-corrected chi connectivity index (χ4v) is 1.33. The van der Waals surface area contributed by atoms with Crippen LogP contribution >= 0.6 is 34.5 Å². The van der Waals surface area contributed by atoms with Crippen molar-refractivity contribution in [2.45, 2.75) is 0 Å². The molecule has 0 aliphatic heterocycles. The zero-order valence-electron chi connectivity index (χ0n) is 3.90. The van der Waals surface area contributed by atoms with Crippen LogP contribution in [0.5, 0.6) is 0 Å². The lowest BCUT2D eigenvalue weighted by molar-refractivity contribution is 1.76. The van der Waals surface area contributed by atoms with E-state index in [0.717, 1.165) is 4.88 Å². The number of halogens is 2. The first-order chi connectivity index (χ1) is 3.80. The highest BCUT2D eigenvalue weighted by molar-refractivity contribution is 7.11. The van der Waals surface area contributed by atoms with Gasteiger partial charge < -0.3 is 0 Å². The summed E-state index contributed by atoms with van der Waals surface area (Å²) in [4.78, 5) is 1.27. The third kappa shape index (κ3) is 1.38. The van der Waals surface area contributed by atoms with Crippen LogP contribution in [0.3, 0.4) is 0 Å². The predicted molar refractivity (Wildman–Crippen MR) is 38.4 cm³/mol. The van der Waals surface area contributed by atoms with Gasteiger partial charge in [-0.3, -0.25) is 0 Å². The first-order valence-corrected chi connectivity index (χ1v) is 3.66. The molecule has 0 saturated heterocycles. The Balaban J connectivity index is 2.77. The fraction of sp³-hybridized carbons (Fsp3) is 0. The zero-order chi connectivity index (χ0) is 5.98. The van der Waals surface area contributed by atoms with Crippen LogP contribution in [0.1, 0.15) is 4.88 Å². The van der Waals surface area contributed by atoms with E-state index in [4.69, 9.17) is 23.2 Å². The van der Waals surface area contributed by atoms with Gasteiger partial charge in [0.05, 0.1) is 0 Å². The monoisotopic (exact) mass is 165 g/mol. The molecule has 0 fully saturated rings. The van der Waals surface area contributed by atoms with Gasteiger partial charge in [0.25, 0.3) is 0 Å². The van der Waals surface area contributed by atoms with E-state index in [1.807, 2.05) is 17.5 Å². The van der Waals surface area contributed by atoms with E-state index in [1.165, 1.54) is 11.3 Å². The van der Waals surface area contributed by atoms with Gasteiger partial charge in [-0.05, 0) is 11.4 Å². The Bertz CT molecular complexity index is 145. The van der Waals surface area contributed by atoms with Gasteiger partial charge in [-0.15, -0.1) is 11.3 Å². The number of rotatable bonds is 1. The normalized spacial score (nSPS) is 10.4. The van der Waals surface area contributed by atoms with Crippen molar-refractivity contribution in [1.29, 1.82) is 0 Å².